The van der Waals surface area contributed by atoms with Crippen LogP contribution in [0.4, 0.5) is 23.7 Å². The average molecular weight is 399 g/mol. The molecule has 3 heterocycles. The van der Waals surface area contributed by atoms with Crippen molar-refractivity contribution in [3.05, 3.63) is 23.5 Å². The van der Waals surface area contributed by atoms with Crippen LogP contribution in [0.15, 0.2) is 12.3 Å². The van der Waals surface area contributed by atoms with E-state index in [2.05, 4.69) is 9.88 Å². The topological polar surface area (TPSA) is 45.7 Å². The van der Waals surface area contributed by atoms with E-state index in [-0.39, 0.29) is 11.5 Å². The molecule has 0 N–H and O–H groups in total. The summed E-state index contributed by atoms with van der Waals surface area (Å²) >= 11 is 0. The summed E-state index contributed by atoms with van der Waals surface area (Å²) in [7, 11) is 0. The van der Waals surface area contributed by atoms with Gasteiger partial charge in [-0.15, -0.1) is 0 Å². The molecule has 5 nitrogen and oxygen atoms in total. The minimum Gasteiger partial charge on any atom is -0.444 e. The van der Waals surface area contributed by atoms with Gasteiger partial charge in [0, 0.05) is 26.2 Å². The lowest BCUT2D eigenvalue weighted by Gasteiger charge is -2.39. The lowest BCUT2D eigenvalue weighted by atomic mass is 9.78. The Morgan fingerprint density at radius 1 is 1.14 bits per heavy atom. The molecule has 1 aromatic rings. The second-order valence-electron chi connectivity index (χ2n) is 8.99. The summed E-state index contributed by atoms with van der Waals surface area (Å²) in [6.45, 7) is 10.1. The molecule has 2 aliphatic rings. The molecule has 0 atom stereocenters. The van der Waals surface area contributed by atoms with E-state index in [1.54, 1.807) is 11.8 Å². The van der Waals surface area contributed by atoms with Crippen LogP contribution in [0.25, 0.3) is 0 Å². The molecule has 1 aromatic heterocycles. The van der Waals surface area contributed by atoms with Crippen LogP contribution in [0, 0.1) is 12.3 Å². The highest BCUT2D eigenvalue weighted by atomic mass is 19.4. The van der Waals surface area contributed by atoms with Crippen LogP contribution in [-0.4, -0.2) is 47.8 Å². The van der Waals surface area contributed by atoms with Crippen molar-refractivity contribution < 1.29 is 22.7 Å². The number of alkyl halides is 3. The van der Waals surface area contributed by atoms with Gasteiger partial charge < -0.3 is 14.5 Å². The largest absolute Gasteiger partial charge is 0.444 e. The van der Waals surface area contributed by atoms with Crippen LogP contribution in [0.1, 0.15) is 51.3 Å². The predicted octanol–water partition coefficient (Wildman–Crippen LogP) is 4.64. The minimum absolute atomic E-state index is 0.0909. The summed E-state index contributed by atoms with van der Waals surface area (Å²) in [5, 5.41) is 0. The van der Waals surface area contributed by atoms with E-state index < -0.39 is 17.5 Å². The monoisotopic (exact) mass is 399 g/mol. The third-order valence-electron chi connectivity index (χ3n) is 5.63. The molecule has 8 heteroatoms. The summed E-state index contributed by atoms with van der Waals surface area (Å²) in [5.74, 6) is 0. The fourth-order valence-corrected chi connectivity index (χ4v) is 4.07. The lowest BCUT2D eigenvalue weighted by Crippen LogP contribution is -2.46. The first-order valence-corrected chi connectivity index (χ1v) is 9.65. The SMILES string of the molecule is Cc1cc(C(F)(F)F)ncc1N1CCC2(CCN(C(=O)OC(C)(C)C)CC2)C1. The van der Waals surface area contributed by atoms with Gasteiger partial charge in [0.05, 0.1) is 11.9 Å². The first kappa shape index (κ1) is 20.7. The molecule has 0 saturated carbocycles. The molecule has 156 valence electrons. The second kappa shape index (κ2) is 7.12. The third kappa shape index (κ3) is 4.52. The highest BCUT2D eigenvalue weighted by molar-refractivity contribution is 5.68. The molecule has 0 aliphatic carbocycles. The smallest absolute Gasteiger partial charge is 0.433 e. The number of carbonyl (C=O) groups excluding carboxylic acids is 1. The zero-order valence-corrected chi connectivity index (χ0v) is 16.9. The van der Waals surface area contributed by atoms with Gasteiger partial charge in [0.25, 0.3) is 0 Å². The Labute approximate surface area is 163 Å². The first-order chi connectivity index (χ1) is 12.9. The highest BCUT2D eigenvalue weighted by Gasteiger charge is 2.42. The molecule has 28 heavy (non-hydrogen) atoms. The molecule has 0 aromatic carbocycles. The average Bonchev–Trinajstić information content (AvgIpc) is 2.96. The molecule has 0 unspecified atom stereocenters. The van der Waals surface area contributed by atoms with Gasteiger partial charge >= 0.3 is 12.3 Å². The first-order valence-electron chi connectivity index (χ1n) is 9.65. The normalized spacial score (nSPS) is 20.0. The summed E-state index contributed by atoms with van der Waals surface area (Å²) < 4.78 is 44.0. The minimum atomic E-state index is -4.43. The Bertz CT molecular complexity index is 735. The standard InChI is InChI=1S/C20H28F3N3O2/c1-14-11-16(20(21,22)23)24-12-15(14)26-10-7-19(13-26)5-8-25(9-6-19)17(27)28-18(2,3)4/h11-12H,5-10,13H2,1-4H3. The van der Waals surface area contributed by atoms with Gasteiger partial charge in [-0.3, -0.25) is 0 Å². The van der Waals surface area contributed by atoms with Crippen LogP contribution in [0.2, 0.25) is 0 Å². The van der Waals surface area contributed by atoms with Crippen LogP contribution in [0.3, 0.4) is 0 Å². The van der Waals surface area contributed by atoms with Crippen molar-refractivity contribution in [2.24, 2.45) is 5.41 Å². The summed E-state index contributed by atoms with van der Waals surface area (Å²) in [6, 6.07) is 1.12. The Kier molecular flexibility index (Phi) is 5.27. The number of anilines is 1. The van der Waals surface area contributed by atoms with Crippen molar-refractivity contribution in [1.29, 1.82) is 0 Å². The zero-order chi connectivity index (χ0) is 20.7. The van der Waals surface area contributed by atoms with E-state index in [4.69, 9.17) is 4.74 Å². The van der Waals surface area contributed by atoms with Crippen LogP contribution in [0.5, 0.6) is 0 Å². The second-order valence-corrected chi connectivity index (χ2v) is 8.99. The number of pyridine rings is 1. The Hall–Kier alpha value is -1.99. The molecule has 2 aliphatic heterocycles. The van der Waals surface area contributed by atoms with E-state index >= 15 is 0 Å². The molecule has 0 bridgehead atoms. The third-order valence-corrected chi connectivity index (χ3v) is 5.63. The Morgan fingerprint density at radius 2 is 1.75 bits per heavy atom. The van der Waals surface area contributed by atoms with Gasteiger partial charge in [-0.05, 0) is 64.0 Å². The summed E-state index contributed by atoms with van der Waals surface area (Å²) in [5.41, 5.74) is 0.0790. The van der Waals surface area contributed by atoms with Crippen molar-refractivity contribution in [2.45, 2.75) is 58.7 Å². The van der Waals surface area contributed by atoms with Crippen molar-refractivity contribution in [3.8, 4) is 0 Å². The van der Waals surface area contributed by atoms with Gasteiger partial charge in [-0.2, -0.15) is 13.2 Å². The molecule has 0 radical (unpaired) electrons. The Balaban J connectivity index is 1.63. The van der Waals surface area contributed by atoms with E-state index in [9.17, 15) is 18.0 Å². The fraction of sp³-hybridized carbons (Fsp3) is 0.700. The molecule has 2 fully saturated rings. The molecular formula is C20H28F3N3O2. The Morgan fingerprint density at radius 3 is 2.29 bits per heavy atom. The number of nitrogens with zero attached hydrogens (tertiary/aromatic N) is 3. The van der Waals surface area contributed by atoms with E-state index in [0.29, 0.717) is 18.7 Å². The number of carbonyl (C=O) groups is 1. The number of hydrogen-bond donors (Lipinski definition) is 0. The molecular weight excluding hydrogens is 371 g/mol. The lowest BCUT2D eigenvalue weighted by molar-refractivity contribution is -0.141. The summed E-state index contributed by atoms with van der Waals surface area (Å²) in [6.07, 6.45) is -0.654. The number of amides is 1. The van der Waals surface area contributed by atoms with E-state index in [1.165, 1.54) is 6.20 Å². The van der Waals surface area contributed by atoms with E-state index in [0.717, 1.165) is 44.1 Å². The maximum absolute atomic E-state index is 12.8. The van der Waals surface area contributed by atoms with Crippen LogP contribution < -0.4 is 4.90 Å². The number of piperidine rings is 1. The highest BCUT2D eigenvalue weighted by Crippen LogP contribution is 2.43. The van der Waals surface area contributed by atoms with E-state index in [1.807, 2.05) is 20.8 Å². The number of likely N-dealkylation sites (tertiary alicyclic amines) is 1. The summed E-state index contributed by atoms with van der Waals surface area (Å²) in [4.78, 5) is 19.8. The van der Waals surface area contributed by atoms with Crippen molar-refractivity contribution in [3.63, 3.8) is 0 Å². The van der Waals surface area contributed by atoms with Gasteiger partial charge in [0.15, 0.2) is 0 Å². The molecule has 3 rings (SSSR count). The number of hydrogen-bond acceptors (Lipinski definition) is 4. The number of ether oxygens (including phenoxy) is 1. The van der Waals surface area contributed by atoms with Crippen LogP contribution in [-0.2, 0) is 10.9 Å². The van der Waals surface area contributed by atoms with Gasteiger partial charge in [-0.25, -0.2) is 9.78 Å². The van der Waals surface area contributed by atoms with Crippen molar-refractivity contribution in [1.82, 2.24) is 9.88 Å². The van der Waals surface area contributed by atoms with Crippen molar-refractivity contribution >= 4 is 11.8 Å². The fourth-order valence-electron chi connectivity index (χ4n) is 4.07. The maximum atomic E-state index is 12.8. The number of aryl methyl sites for hydroxylation is 1. The van der Waals surface area contributed by atoms with Gasteiger partial charge in [-0.1, -0.05) is 0 Å². The number of aromatic nitrogens is 1. The predicted molar refractivity (Wildman–Crippen MR) is 100 cm³/mol. The molecule has 1 spiro atoms. The van der Waals surface area contributed by atoms with Crippen molar-refractivity contribution in [2.75, 3.05) is 31.1 Å². The molecule has 1 amide bonds. The number of rotatable bonds is 1. The molecule has 2 saturated heterocycles. The van der Waals surface area contributed by atoms with Gasteiger partial charge in [0.1, 0.15) is 11.3 Å². The number of halogens is 3. The maximum Gasteiger partial charge on any atom is 0.433 e. The van der Waals surface area contributed by atoms with Crippen LogP contribution >= 0.6 is 0 Å². The quantitative estimate of drug-likeness (QED) is 0.690. The van der Waals surface area contributed by atoms with Gasteiger partial charge in [0.2, 0.25) is 0 Å². The zero-order valence-electron chi connectivity index (χ0n) is 16.9.